The van der Waals surface area contributed by atoms with Crippen molar-refractivity contribution in [3.63, 3.8) is 0 Å². The third-order valence-corrected chi connectivity index (χ3v) is 6.02. The highest BCUT2D eigenvalue weighted by molar-refractivity contribution is 5.93. The van der Waals surface area contributed by atoms with Crippen LogP contribution in [0.15, 0.2) is 54.7 Å². The van der Waals surface area contributed by atoms with E-state index in [9.17, 15) is 9.59 Å². The summed E-state index contributed by atoms with van der Waals surface area (Å²) >= 11 is 0. The summed E-state index contributed by atoms with van der Waals surface area (Å²) in [7, 11) is 0. The Kier molecular flexibility index (Phi) is 6.89. The summed E-state index contributed by atoms with van der Waals surface area (Å²) in [5.41, 5.74) is 4.97. The van der Waals surface area contributed by atoms with Crippen molar-refractivity contribution in [2.75, 3.05) is 25.0 Å². The molecule has 33 heavy (non-hydrogen) atoms. The number of nitrogens with one attached hydrogen (secondary N) is 1. The van der Waals surface area contributed by atoms with E-state index in [2.05, 4.69) is 31.3 Å². The van der Waals surface area contributed by atoms with Crippen LogP contribution in [0.25, 0.3) is 16.9 Å². The number of anilines is 1. The van der Waals surface area contributed by atoms with Crippen LogP contribution in [0.4, 0.5) is 5.95 Å². The minimum atomic E-state index is -0.293. The monoisotopic (exact) mass is 446 g/mol. The molecule has 0 spiro atoms. The first-order valence-electron chi connectivity index (χ1n) is 11.3. The molecule has 0 radical (unpaired) electrons. The van der Waals surface area contributed by atoms with Gasteiger partial charge in [-0.05, 0) is 49.9 Å². The number of hydrogen-bond acceptors (Lipinski definition) is 4. The molecular formula is C26H30N4O3. The molecule has 1 saturated heterocycles. The molecule has 2 heterocycles. The second-order valence-electron chi connectivity index (χ2n) is 8.54. The molecule has 1 aliphatic rings. The van der Waals surface area contributed by atoms with E-state index in [0.29, 0.717) is 19.1 Å². The van der Waals surface area contributed by atoms with Crippen LogP contribution in [0.3, 0.4) is 0 Å². The van der Waals surface area contributed by atoms with Crippen molar-refractivity contribution in [3.05, 3.63) is 65.9 Å². The number of aromatic nitrogens is 2. The van der Waals surface area contributed by atoms with Gasteiger partial charge in [-0.1, -0.05) is 36.4 Å². The SMILES string of the molecule is CC(=O)N(CC(=O)Nc1nc(-c2ccccc2)cn1-c1ccc(C)c(C)c1)C[C@@H]1CCCO1. The average Bonchev–Trinajstić information content (AvgIpc) is 3.46. The maximum absolute atomic E-state index is 13.0. The lowest BCUT2D eigenvalue weighted by Gasteiger charge is -2.23. The summed E-state index contributed by atoms with van der Waals surface area (Å²) in [6.45, 7) is 6.68. The molecule has 1 aromatic heterocycles. The molecule has 0 bridgehead atoms. The molecule has 7 nitrogen and oxygen atoms in total. The van der Waals surface area contributed by atoms with Gasteiger partial charge in [0.25, 0.3) is 0 Å². The largest absolute Gasteiger partial charge is 0.376 e. The molecule has 2 aromatic carbocycles. The van der Waals surface area contributed by atoms with Gasteiger partial charge in [-0.15, -0.1) is 0 Å². The number of rotatable bonds is 7. The number of aryl methyl sites for hydroxylation is 2. The van der Waals surface area contributed by atoms with Crippen LogP contribution in [0, 0.1) is 13.8 Å². The highest BCUT2D eigenvalue weighted by atomic mass is 16.5. The second-order valence-corrected chi connectivity index (χ2v) is 8.54. The topological polar surface area (TPSA) is 76.5 Å². The fourth-order valence-electron chi connectivity index (χ4n) is 3.96. The Morgan fingerprint density at radius 2 is 1.94 bits per heavy atom. The quantitative estimate of drug-likeness (QED) is 0.592. The lowest BCUT2D eigenvalue weighted by Crippen LogP contribution is -2.41. The van der Waals surface area contributed by atoms with E-state index < -0.39 is 0 Å². The van der Waals surface area contributed by atoms with Crippen LogP contribution in [-0.2, 0) is 14.3 Å². The van der Waals surface area contributed by atoms with Crippen LogP contribution in [-0.4, -0.2) is 52.1 Å². The molecule has 1 atom stereocenters. The van der Waals surface area contributed by atoms with Crippen LogP contribution < -0.4 is 5.32 Å². The van der Waals surface area contributed by atoms with Gasteiger partial charge in [0.15, 0.2) is 0 Å². The number of ether oxygens (including phenoxy) is 1. The van der Waals surface area contributed by atoms with Crippen molar-refractivity contribution in [1.82, 2.24) is 14.5 Å². The van der Waals surface area contributed by atoms with Gasteiger partial charge >= 0.3 is 0 Å². The third-order valence-electron chi connectivity index (χ3n) is 6.02. The summed E-state index contributed by atoms with van der Waals surface area (Å²) in [5.74, 6) is -0.0238. The Labute approximate surface area is 194 Å². The van der Waals surface area contributed by atoms with Gasteiger partial charge in [0, 0.05) is 37.5 Å². The zero-order valence-corrected chi connectivity index (χ0v) is 19.4. The molecular weight excluding hydrogens is 416 g/mol. The standard InChI is InChI=1S/C26H30N4O3/c1-18-11-12-22(14-19(18)2)30-16-24(21-8-5-4-6-9-21)27-26(30)28-25(32)17-29(20(3)31)15-23-10-7-13-33-23/h4-6,8-9,11-12,14,16,23H,7,10,13,15,17H2,1-3H3,(H,27,28,32)/t23-/m0/s1. The number of carbonyl (C=O) groups is 2. The van der Waals surface area contributed by atoms with E-state index in [1.807, 2.05) is 47.2 Å². The number of imidazole rings is 1. The minimum Gasteiger partial charge on any atom is -0.376 e. The van der Waals surface area contributed by atoms with E-state index >= 15 is 0 Å². The minimum absolute atomic E-state index is 0.0103. The van der Waals surface area contributed by atoms with E-state index in [-0.39, 0.29) is 24.5 Å². The summed E-state index contributed by atoms with van der Waals surface area (Å²) in [4.78, 5) is 31.3. The van der Waals surface area contributed by atoms with Crippen molar-refractivity contribution >= 4 is 17.8 Å². The first kappa shape index (κ1) is 22.7. The Morgan fingerprint density at radius 3 is 2.61 bits per heavy atom. The summed E-state index contributed by atoms with van der Waals surface area (Å²) < 4.78 is 7.52. The second kappa shape index (κ2) is 10.0. The molecule has 2 amide bonds. The summed E-state index contributed by atoms with van der Waals surface area (Å²) in [6, 6.07) is 16.0. The predicted molar refractivity (Wildman–Crippen MR) is 128 cm³/mol. The Hall–Kier alpha value is -3.45. The zero-order chi connectivity index (χ0) is 23.4. The normalized spacial score (nSPS) is 15.4. The van der Waals surface area contributed by atoms with Crippen LogP contribution >= 0.6 is 0 Å². The van der Waals surface area contributed by atoms with E-state index in [1.54, 1.807) is 0 Å². The fraction of sp³-hybridized carbons (Fsp3) is 0.346. The summed E-state index contributed by atoms with van der Waals surface area (Å²) in [5, 5.41) is 2.92. The lowest BCUT2D eigenvalue weighted by atomic mass is 10.1. The molecule has 1 fully saturated rings. The smallest absolute Gasteiger partial charge is 0.246 e. The first-order chi connectivity index (χ1) is 15.9. The van der Waals surface area contributed by atoms with Gasteiger partial charge in [0.05, 0.1) is 11.8 Å². The van der Waals surface area contributed by atoms with Gasteiger partial charge in [0.1, 0.15) is 6.54 Å². The molecule has 1 aliphatic heterocycles. The lowest BCUT2D eigenvalue weighted by molar-refractivity contribution is -0.134. The predicted octanol–water partition coefficient (Wildman–Crippen LogP) is 4.12. The van der Waals surface area contributed by atoms with Gasteiger partial charge < -0.3 is 9.64 Å². The Balaban J connectivity index is 1.59. The van der Waals surface area contributed by atoms with Crippen LogP contribution in [0.2, 0.25) is 0 Å². The molecule has 0 aliphatic carbocycles. The van der Waals surface area contributed by atoms with Crippen LogP contribution in [0.5, 0.6) is 0 Å². The molecule has 1 N–H and O–H groups in total. The Bertz CT molecular complexity index is 1130. The van der Waals surface area contributed by atoms with E-state index in [1.165, 1.54) is 17.4 Å². The third kappa shape index (κ3) is 5.49. The number of carbonyl (C=O) groups excluding carboxylic acids is 2. The Morgan fingerprint density at radius 1 is 1.15 bits per heavy atom. The van der Waals surface area contributed by atoms with Gasteiger partial charge in [-0.2, -0.15) is 0 Å². The van der Waals surface area contributed by atoms with Gasteiger partial charge in [-0.25, -0.2) is 4.98 Å². The summed E-state index contributed by atoms with van der Waals surface area (Å²) in [6.07, 6.45) is 3.80. The molecule has 7 heteroatoms. The van der Waals surface area contributed by atoms with E-state index in [4.69, 9.17) is 9.72 Å². The van der Waals surface area contributed by atoms with Crippen molar-refractivity contribution in [2.24, 2.45) is 0 Å². The maximum Gasteiger partial charge on any atom is 0.246 e. The molecule has 3 aromatic rings. The molecule has 172 valence electrons. The fourth-order valence-corrected chi connectivity index (χ4v) is 3.96. The molecule has 0 saturated carbocycles. The maximum atomic E-state index is 13.0. The van der Waals surface area contributed by atoms with E-state index in [0.717, 1.165) is 35.3 Å². The molecule has 4 rings (SSSR count). The van der Waals surface area contributed by atoms with Crippen molar-refractivity contribution < 1.29 is 14.3 Å². The highest BCUT2D eigenvalue weighted by Gasteiger charge is 2.23. The van der Waals surface area contributed by atoms with Crippen molar-refractivity contribution in [3.8, 4) is 16.9 Å². The van der Waals surface area contributed by atoms with Crippen molar-refractivity contribution in [1.29, 1.82) is 0 Å². The van der Waals surface area contributed by atoms with Crippen molar-refractivity contribution in [2.45, 2.75) is 39.7 Å². The zero-order valence-electron chi connectivity index (χ0n) is 19.4. The van der Waals surface area contributed by atoms with Gasteiger partial charge in [0.2, 0.25) is 17.8 Å². The number of amides is 2. The van der Waals surface area contributed by atoms with Gasteiger partial charge in [-0.3, -0.25) is 19.5 Å². The molecule has 0 unspecified atom stereocenters. The number of nitrogens with zero attached hydrogens (tertiary/aromatic N) is 3. The highest BCUT2D eigenvalue weighted by Crippen LogP contribution is 2.25. The average molecular weight is 447 g/mol. The first-order valence-corrected chi connectivity index (χ1v) is 11.3. The number of benzene rings is 2. The number of hydrogen-bond donors (Lipinski definition) is 1. The van der Waals surface area contributed by atoms with Crippen LogP contribution in [0.1, 0.15) is 30.9 Å².